The van der Waals surface area contributed by atoms with Gasteiger partial charge in [-0.05, 0) is 31.4 Å². The smallest absolute Gasteiger partial charge is 0.321 e. The molecule has 9 nitrogen and oxygen atoms in total. The normalized spacial score (nSPS) is 17.3. The third-order valence-corrected chi connectivity index (χ3v) is 5.28. The van der Waals surface area contributed by atoms with Crippen LogP contribution in [0.15, 0.2) is 24.3 Å². The lowest BCUT2D eigenvalue weighted by Gasteiger charge is -2.26. The fraction of sp³-hybridized carbons (Fsp3) is 0.476. The Labute approximate surface area is 174 Å². The van der Waals surface area contributed by atoms with Crippen molar-refractivity contribution in [3.63, 3.8) is 0 Å². The molecule has 0 radical (unpaired) electrons. The molecule has 1 fully saturated rings. The van der Waals surface area contributed by atoms with Crippen molar-refractivity contribution in [1.82, 2.24) is 15.5 Å². The third kappa shape index (κ3) is 5.22. The van der Waals surface area contributed by atoms with Crippen LogP contribution in [0.2, 0.25) is 0 Å². The van der Waals surface area contributed by atoms with E-state index in [9.17, 15) is 24.0 Å². The van der Waals surface area contributed by atoms with Gasteiger partial charge in [-0.3, -0.25) is 29.4 Å². The summed E-state index contributed by atoms with van der Waals surface area (Å²) in [4.78, 5) is 61.7. The summed E-state index contributed by atoms with van der Waals surface area (Å²) in [5.41, 5.74) is 1.10. The van der Waals surface area contributed by atoms with Crippen LogP contribution in [0.5, 0.6) is 0 Å². The molecule has 0 spiro atoms. The van der Waals surface area contributed by atoms with E-state index in [1.807, 2.05) is 0 Å². The minimum absolute atomic E-state index is 0.0559. The first-order chi connectivity index (χ1) is 14.3. The first-order valence-electron chi connectivity index (χ1n) is 10.1. The molecule has 1 aromatic rings. The summed E-state index contributed by atoms with van der Waals surface area (Å²) in [7, 11) is 0. The van der Waals surface area contributed by atoms with Crippen molar-refractivity contribution in [3.05, 3.63) is 35.4 Å². The molecular formula is C21H25N3O6. The number of carbonyl (C=O) groups is 5. The number of ether oxygens (including phenoxy) is 1. The van der Waals surface area contributed by atoms with E-state index in [1.165, 1.54) is 6.92 Å². The van der Waals surface area contributed by atoms with Crippen molar-refractivity contribution in [1.29, 1.82) is 0 Å². The predicted octanol–water partition coefficient (Wildman–Crippen LogP) is 1.30. The fourth-order valence-corrected chi connectivity index (χ4v) is 3.64. The third-order valence-electron chi connectivity index (χ3n) is 5.28. The first-order valence-corrected chi connectivity index (χ1v) is 10.1. The maximum Gasteiger partial charge on any atom is 0.321 e. The minimum Gasteiger partial charge on any atom is -0.452 e. The van der Waals surface area contributed by atoms with E-state index in [4.69, 9.17) is 4.74 Å². The van der Waals surface area contributed by atoms with Crippen LogP contribution in [0, 0.1) is 0 Å². The Morgan fingerprint density at radius 3 is 2.60 bits per heavy atom. The Morgan fingerprint density at radius 2 is 1.87 bits per heavy atom. The van der Waals surface area contributed by atoms with Gasteiger partial charge in [-0.25, -0.2) is 4.79 Å². The summed E-state index contributed by atoms with van der Waals surface area (Å²) < 4.78 is 5.03. The van der Waals surface area contributed by atoms with Gasteiger partial charge < -0.3 is 10.1 Å². The van der Waals surface area contributed by atoms with E-state index in [2.05, 4.69) is 10.6 Å². The molecule has 3 rings (SSSR count). The van der Waals surface area contributed by atoms with Gasteiger partial charge in [0.1, 0.15) is 0 Å². The molecule has 2 aliphatic rings. The SMILES string of the molecule is C[C@@H](OC(=O)CCN1C(=O)Cc2ccccc2C1=O)C(=O)NC(=O)NC1CCCC1. The molecule has 160 valence electrons. The average Bonchev–Trinajstić information content (AvgIpc) is 3.20. The Morgan fingerprint density at radius 1 is 1.17 bits per heavy atom. The molecule has 1 heterocycles. The van der Waals surface area contributed by atoms with Crippen molar-refractivity contribution in [2.75, 3.05) is 6.54 Å². The van der Waals surface area contributed by atoms with Crippen LogP contribution in [-0.4, -0.2) is 53.3 Å². The van der Waals surface area contributed by atoms with Gasteiger partial charge in [0.2, 0.25) is 5.91 Å². The molecule has 5 amide bonds. The van der Waals surface area contributed by atoms with Crippen molar-refractivity contribution >= 4 is 29.7 Å². The van der Waals surface area contributed by atoms with Crippen LogP contribution in [0.3, 0.4) is 0 Å². The number of imide groups is 2. The Bertz CT molecular complexity index is 862. The van der Waals surface area contributed by atoms with E-state index in [1.54, 1.807) is 24.3 Å². The molecule has 0 unspecified atom stereocenters. The van der Waals surface area contributed by atoms with Gasteiger partial charge in [0.05, 0.1) is 12.8 Å². The molecule has 1 atom stereocenters. The second-order valence-electron chi connectivity index (χ2n) is 7.51. The number of nitrogens with zero attached hydrogens (tertiary/aromatic N) is 1. The number of amides is 5. The topological polar surface area (TPSA) is 122 Å². The lowest BCUT2D eigenvalue weighted by Crippen LogP contribution is -2.47. The van der Waals surface area contributed by atoms with Crippen LogP contribution < -0.4 is 10.6 Å². The van der Waals surface area contributed by atoms with E-state index in [-0.39, 0.29) is 31.3 Å². The molecule has 0 saturated heterocycles. The first kappa shape index (κ1) is 21.5. The number of esters is 1. The second kappa shape index (κ2) is 9.51. The molecule has 9 heteroatoms. The molecule has 30 heavy (non-hydrogen) atoms. The van der Waals surface area contributed by atoms with Crippen LogP contribution in [-0.2, 0) is 25.5 Å². The number of nitrogens with one attached hydrogen (secondary N) is 2. The Balaban J connectivity index is 1.44. The zero-order chi connectivity index (χ0) is 21.7. The number of carbonyl (C=O) groups excluding carboxylic acids is 5. The van der Waals surface area contributed by atoms with Crippen molar-refractivity contribution < 1.29 is 28.7 Å². The van der Waals surface area contributed by atoms with Crippen LogP contribution in [0.25, 0.3) is 0 Å². The highest BCUT2D eigenvalue weighted by Crippen LogP contribution is 2.20. The molecule has 0 aromatic heterocycles. The van der Waals surface area contributed by atoms with E-state index < -0.39 is 29.9 Å². The monoisotopic (exact) mass is 415 g/mol. The lowest BCUT2D eigenvalue weighted by atomic mass is 9.98. The lowest BCUT2D eigenvalue weighted by molar-refractivity contribution is -0.154. The Hall–Kier alpha value is -3.23. The van der Waals surface area contributed by atoms with Gasteiger partial charge in [-0.2, -0.15) is 0 Å². The molecular weight excluding hydrogens is 390 g/mol. The minimum atomic E-state index is -1.18. The van der Waals surface area contributed by atoms with Gasteiger partial charge >= 0.3 is 12.0 Å². The summed E-state index contributed by atoms with van der Waals surface area (Å²) >= 11 is 0. The summed E-state index contributed by atoms with van der Waals surface area (Å²) in [6.07, 6.45) is 2.51. The maximum atomic E-state index is 12.5. The maximum absolute atomic E-state index is 12.5. The number of benzene rings is 1. The zero-order valence-electron chi connectivity index (χ0n) is 16.8. The summed E-state index contributed by atoms with van der Waals surface area (Å²) in [5, 5.41) is 4.87. The van der Waals surface area contributed by atoms with Crippen molar-refractivity contribution in [3.8, 4) is 0 Å². The van der Waals surface area contributed by atoms with Gasteiger partial charge in [0.25, 0.3) is 11.8 Å². The highest BCUT2D eigenvalue weighted by molar-refractivity contribution is 6.09. The van der Waals surface area contributed by atoms with Gasteiger partial charge in [0, 0.05) is 18.2 Å². The summed E-state index contributed by atoms with van der Waals surface area (Å²) in [5.74, 6) is -2.32. The largest absolute Gasteiger partial charge is 0.452 e. The van der Waals surface area contributed by atoms with Gasteiger partial charge in [0.15, 0.2) is 6.10 Å². The number of urea groups is 1. The van der Waals surface area contributed by atoms with Crippen LogP contribution in [0.1, 0.15) is 54.9 Å². The molecule has 1 saturated carbocycles. The standard InChI is InChI=1S/C21H25N3O6/c1-13(19(27)23-21(29)22-15-7-3-4-8-15)30-18(26)10-11-24-17(25)12-14-6-2-5-9-16(14)20(24)28/h2,5-6,9,13,15H,3-4,7-8,10-12H2,1H3,(H2,22,23,27,29)/t13-/m1/s1. The van der Waals surface area contributed by atoms with E-state index in [0.29, 0.717) is 11.1 Å². The number of rotatable bonds is 6. The fourth-order valence-electron chi connectivity index (χ4n) is 3.64. The highest BCUT2D eigenvalue weighted by atomic mass is 16.5. The molecule has 0 bridgehead atoms. The Kier molecular flexibility index (Phi) is 6.81. The number of hydrogen-bond donors (Lipinski definition) is 2. The predicted molar refractivity (Wildman–Crippen MR) is 105 cm³/mol. The van der Waals surface area contributed by atoms with Gasteiger partial charge in [-0.1, -0.05) is 31.0 Å². The second-order valence-corrected chi connectivity index (χ2v) is 7.51. The molecule has 1 aliphatic heterocycles. The number of hydrogen-bond acceptors (Lipinski definition) is 6. The van der Waals surface area contributed by atoms with E-state index >= 15 is 0 Å². The quantitative estimate of drug-likeness (QED) is 0.534. The van der Waals surface area contributed by atoms with Crippen molar-refractivity contribution in [2.45, 2.75) is 57.6 Å². The average molecular weight is 415 g/mol. The van der Waals surface area contributed by atoms with Crippen LogP contribution >= 0.6 is 0 Å². The van der Waals surface area contributed by atoms with Gasteiger partial charge in [-0.15, -0.1) is 0 Å². The summed E-state index contributed by atoms with van der Waals surface area (Å²) in [6, 6.07) is 6.27. The highest BCUT2D eigenvalue weighted by Gasteiger charge is 2.31. The molecule has 1 aromatic carbocycles. The van der Waals surface area contributed by atoms with E-state index in [0.717, 1.165) is 30.6 Å². The number of fused-ring (bicyclic) bond motifs is 1. The molecule has 2 N–H and O–H groups in total. The zero-order valence-corrected chi connectivity index (χ0v) is 16.8. The molecule has 1 aliphatic carbocycles. The van der Waals surface area contributed by atoms with Crippen molar-refractivity contribution in [2.24, 2.45) is 0 Å². The van der Waals surface area contributed by atoms with Crippen LogP contribution in [0.4, 0.5) is 4.79 Å². The summed E-state index contributed by atoms with van der Waals surface area (Å²) in [6.45, 7) is 1.21.